The van der Waals surface area contributed by atoms with E-state index >= 15 is 0 Å². The second-order valence-electron chi connectivity index (χ2n) is 9.66. The van der Waals surface area contributed by atoms with Crippen LogP contribution in [0.5, 0.6) is 0 Å². The molecule has 0 spiro atoms. The summed E-state index contributed by atoms with van der Waals surface area (Å²) in [6.45, 7) is 0.643. The first-order valence-electron chi connectivity index (χ1n) is 12.0. The molecule has 4 N–H and O–H groups in total. The molecule has 1 aromatic heterocycles. The average Bonchev–Trinajstić information content (AvgIpc) is 3.18. The van der Waals surface area contributed by atoms with Crippen molar-refractivity contribution in [3.8, 4) is 0 Å². The van der Waals surface area contributed by atoms with Crippen molar-refractivity contribution in [2.45, 2.75) is 76.1 Å². The van der Waals surface area contributed by atoms with Crippen molar-refractivity contribution in [3.63, 3.8) is 0 Å². The molecule has 3 unspecified atom stereocenters. The Balaban J connectivity index is 1.65. The lowest BCUT2D eigenvalue weighted by molar-refractivity contribution is -0.168. The smallest absolute Gasteiger partial charge is 0.263 e. The molecule has 2 fully saturated rings. The normalized spacial score (nSPS) is 24.7. The van der Waals surface area contributed by atoms with Crippen LogP contribution in [0.15, 0.2) is 23.0 Å². The summed E-state index contributed by atoms with van der Waals surface area (Å²) in [7, 11) is 0. The molecule has 33 heavy (non-hydrogen) atoms. The van der Waals surface area contributed by atoms with Crippen molar-refractivity contribution in [1.29, 1.82) is 0 Å². The average molecular weight is 454 g/mol. The van der Waals surface area contributed by atoms with Crippen LogP contribution in [-0.4, -0.2) is 44.0 Å². The second-order valence-corrected chi connectivity index (χ2v) is 9.66. The molecule has 9 heteroatoms. The summed E-state index contributed by atoms with van der Waals surface area (Å²) in [6, 6.07) is 5.54. The molecular weight excluding hydrogens is 422 g/mol. The summed E-state index contributed by atoms with van der Waals surface area (Å²) in [5.41, 5.74) is 4.57. The molecule has 2 amide bonds. The topological polar surface area (TPSA) is 131 Å². The Hall–Kier alpha value is -2.78. The van der Waals surface area contributed by atoms with E-state index in [0.717, 1.165) is 38.6 Å². The molecule has 0 radical (unpaired) electrons. The summed E-state index contributed by atoms with van der Waals surface area (Å²) in [6.07, 6.45) is 7.50. The number of piperidine rings is 1. The fraction of sp³-hybridized carbons (Fsp3) is 0.583. The molecule has 1 aliphatic carbocycles. The molecular formula is C24H31N5O4. The van der Waals surface area contributed by atoms with Crippen LogP contribution >= 0.6 is 0 Å². The van der Waals surface area contributed by atoms with Crippen molar-refractivity contribution in [3.05, 3.63) is 34.1 Å². The number of amides is 2. The first kappa shape index (κ1) is 22.0. The molecule has 1 saturated heterocycles. The number of aromatic nitrogens is 2. The molecule has 3 aliphatic rings. The van der Waals surface area contributed by atoms with Crippen LogP contribution < -0.4 is 16.6 Å². The number of nitrogens with one attached hydrogen (secondary N) is 1. The largest absolute Gasteiger partial charge is 0.371 e. The van der Waals surface area contributed by atoms with Gasteiger partial charge in [0, 0.05) is 24.6 Å². The van der Waals surface area contributed by atoms with Crippen molar-refractivity contribution in [2.24, 2.45) is 11.7 Å². The van der Waals surface area contributed by atoms with Gasteiger partial charge in [0.15, 0.2) is 0 Å². The van der Waals surface area contributed by atoms with E-state index in [0.29, 0.717) is 28.8 Å². The van der Waals surface area contributed by atoms with Crippen LogP contribution in [0.4, 0.5) is 5.95 Å². The summed E-state index contributed by atoms with van der Waals surface area (Å²) < 4.78 is 1.33. The first-order valence-corrected chi connectivity index (χ1v) is 12.0. The summed E-state index contributed by atoms with van der Waals surface area (Å²) in [4.78, 5) is 43.6. The Bertz CT molecular complexity index is 1160. The number of primary amides is 1. The maximum atomic E-state index is 13.5. The van der Waals surface area contributed by atoms with Crippen LogP contribution in [0.1, 0.15) is 63.4 Å². The summed E-state index contributed by atoms with van der Waals surface area (Å²) in [5.74, 6) is 0.0653. The Morgan fingerprint density at radius 1 is 1.21 bits per heavy atom. The van der Waals surface area contributed by atoms with E-state index in [-0.39, 0.29) is 42.8 Å². The molecule has 9 nitrogen and oxygen atoms in total. The highest BCUT2D eigenvalue weighted by Gasteiger charge is 2.46. The van der Waals surface area contributed by atoms with Gasteiger partial charge < -0.3 is 10.8 Å². The van der Waals surface area contributed by atoms with E-state index in [4.69, 9.17) is 5.73 Å². The van der Waals surface area contributed by atoms with Crippen LogP contribution in [0, 0.1) is 5.92 Å². The van der Waals surface area contributed by atoms with E-state index in [2.05, 4.69) is 15.2 Å². The zero-order chi connectivity index (χ0) is 23.2. The fourth-order valence-corrected chi connectivity index (χ4v) is 6.17. The molecule has 3 heterocycles. The third-order valence-electron chi connectivity index (χ3n) is 7.63. The quantitative estimate of drug-likeness (QED) is 0.611. The Morgan fingerprint density at radius 3 is 2.82 bits per heavy atom. The van der Waals surface area contributed by atoms with Gasteiger partial charge in [-0.15, -0.1) is 0 Å². The Morgan fingerprint density at radius 2 is 2.00 bits per heavy atom. The van der Waals surface area contributed by atoms with Crippen molar-refractivity contribution < 1.29 is 14.7 Å². The molecule has 0 bridgehead atoms. The Labute approximate surface area is 192 Å². The number of fused-ring (bicyclic) bond motifs is 3. The molecule has 2 aromatic rings. The molecule has 5 rings (SSSR count). The van der Waals surface area contributed by atoms with Crippen molar-refractivity contribution >= 4 is 28.7 Å². The zero-order valence-corrected chi connectivity index (χ0v) is 18.8. The van der Waals surface area contributed by atoms with Crippen molar-refractivity contribution in [2.75, 3.05) is 11.9 Å². The molecule has 176 valence electrons. The number of benzene rings is 1. The minimum absolute atomic E-state index is 0.0834. The predicted molar refractivity (Wildman–Crippen MR) is 123 cm³/mol. The maximum Gasteiger partial charge on any atom is 0.263 e. The highest BCUT2D eigenvalue weighted by molar-refractivity contribution is 5.94. The van der Waals surface area contributed by atoms with Crippen molar-refractivity contribution in [1.82, 2.24) is 14.5 Å². The van der Waals surface area contributed by atoms with E-state index in [1.807, 2.05) is 0 Å². The van der Waals surface area contributed by atoms with E-state index in [9.17, 15) is 19.5 Å². The monoisotopic (exact) mass is 453 g/mol. The lowest BCUT2D eigenvalue weighted by Gasteiger charge is -2.52. The van der Waals surface area contributed by atoms with Gasteiger partial charge in [0.1, 0.15) is 12.3 Å². The van der Waals surface area contributed by atoms with E-state index in [1.165, 1.54) is 11.0 Å². The zero-order valence-electron chi connectivity index (χ0n) is 18.8. The van der Waals surface area contributed by atoms with Gasteiger partial charge >= 0.3 is 0 Å². The van der Waals surface area contributed by atoms with Gasteiger partial charge in [0.25, 0.3) is 5.56 Å². The minimum Gasteiger partial charge on any atom is -0.371 e. The number of nitrogens with zero attached hydrogens (tertiary/aromatic N) is 3. The molecule has 1 saturated carbocycles. The molecule has 3 atom stereocenters. The SMILES string of the molecule is NC(=O)CCCC(O)(c1cccc2nc3n(c(=O)c12)CC(=O)N3)N1CCCC2CCCCC21. The summed E-state index contributed by atoms with van der Waals surface area (Å²) in [5, 5.41) is 15.4. The van der Waals surface area contributed by atoms with Gasteiger partial charge in [-0.2, -0.15) is 0 Å². The first-order chi connectivity index (χ1) is 15.9. The van der Waals surface area contributed by atoms with Crippen LogP contribution in [0.2, 0.25) is 0 Å². The van der Waals surface area contributed by atoms with Gasteiger partial charge in [-0.3, -0.25) is 29.2 Å². The highest BCUT2D eigenvalue weighted by Crippen LogP contribution is 2.44. The van der Waals surface area contributed by atoms with Gasteiger partial charge in [-0.05, 0) is 50.5 Å². The number of hydrogen-bond donors (Lipinski definition) is 3. The van der Waals surface area contributed by atoms with Crippen LogP contribution in [0.3, 0.4) is 0 Å². The van der Waals surface area contributed by atoms with Gasteiger partial charge in [0.2, 0.25) is 17.8 Å². The lowest BCUT2D eigenvalue weighted by Crippen LogP contribution is -2.57. The van der Waals surface area contributed by atoms with Crippen LogP contribution in [-0.2, 0) is 21.9 Å². The van der Waals surface area contributed by atoms with E-state index < -0.39 is 11.6 Å². The summed E-state index contributed by atoms with van der Waals surface area (Å²) >= 11 is 0. The standard InChI is InChI=1S/C24H31N5O4/c25-19(30)11-4-12-24(33,29-13-5-7-15-6-1-2-10-18(15)29)16-8-3-9-17-21(16)22(32)28-14-20(31)27-23(28)26-17/h3,8-9,15,18,33H,1-2,4-7,10-14H2,(H2,25,30)(H,26,27,31). The number of nitrogens with two attached hydrogens (primary N) is 1. The second kappa shape index (κ2) is 8.53. The number of aliphatic hydroxyl groups is 1. The highest BCUT2D eigenvalue weighted by atomic mass is 16.3. The number of anilines is 1. The number of carbonyl (C=O) groups is 2. The number of hydrogen-bond acceptors (Lipinski definition) is 6. The van der Waals surface area contributed by atoms with Gasteiger partial charge in [0.05, 0.1) is 10.9 Å². The fourth-order valence-electron chi connectivity index (χ4n) is 6.17. The maximum absolute atomic E-state index is 13.5. The third-order valence-corrected chi connectivity index (χ3v) is 7.63. The van der Waals surface area contributed by atoms with E-state index in [1.54, 1.807) is 18.2 Å². The Kier molecular flexibility index (Phi) is 5.70. The number of rotatable bonds is 6. The number of likely N-dealkylation sites (tertiary alicyclic amines) is 1. The third kappa shape index (κ3) is 3.83. The molecule has 2 aliphatic heterocycles. The van der Waals surface area contributed by atoms with Gasteiger partial charge in [-0.25, -0.2) is 4.98 Å². The molecule has 1 aromatic carbocycles. The lowest BCUT2D eigenvalue weighted by atomic mass is 9.76. The predicted octanol–water partition coefficient (Wildman–Crippen LogP) is 1.80. The minimum atomic E-state index is -1.43. The van der Waals surface area contributed by atoms with Crippen LogP contribution in [0.25, 0.3) is 10.9 Å². The van der Waals surface area contributed by atoms with Gasteiger partial charge in [-0.1, -0.05) is 25.0 Å². The number of carbonyl (C=O) groups excluding carboxylic acids is 2.